The second kappa shape index (κ2) is 8.44. The number of halogens is 4. The quantitative estimate of drug-likeness (QED) is 0.544. The number of pyridine rings is 2. The highest BCUT2D eigenvalue weighted by Gasteiger charge is 2.25. The number of hydrogen-bond acceptors (Lipinski definition) is 7. The van der Waals surface area contributed by atoms with E-state index in [1.54, 1.807) is 0 Å². The fourth-order valence-electron chi connectivity index (χ4n) is 2.49. The molecule has 0 aromatic carbocycles. The first-order valence-electron chi connectivity index (χ1n) is 8.05. The zero-order chi connectivity index (χ0) is 22.1. The summed E-state index contributed by atoms with van der Waals surface area (Å²) in [6, 6.07) is 2.11. The Morgan fingerprint density at radius 3 is 2.63 bits per heavy atom. The van der Waals surface area contributed by atoms with E-state index in [2.05, 4.69) is 19.4 Å². The molecule has 162 valence electrons. The Morgan fingerprint density at radius 2 is 2.00 bits per heavy atom. The van der Waals surface area contributed by atoms with E-state index in [9.17, 15) is 21.6 Å². The van der Waals surface area contributed by atoms with Crippen LogP contribution in [0.15, 0.2) is 29.6 Å². The molecule has 3 heterocycles. The Bertz CT molecular complexity index is 1190. The molecule has 14 heteroatoms. The van der Waals surface area contributed by atoms with Crippen molar-refractivity contribution >= 4 is 33.0 Å². The van der Waals surface area contributed by atoms with Crippen molar-refractivity contribution in [2.24, 2.45) is 0 Å². The van der Waals surface area contributed by atoms with E-state index < -0.39 is 40.6 Å². The van der Waals surface area contributed by atoms with Crippen LogP contribution in [0, 0.1) is 5.82 Å². The molecular weight excluding hydrogens is 453 g/mol. The number of imidazole rings is 1. The number of nitrogens with zero attached hydrogens (tertiary/aromatic N) is 3. The molecule has 0 spiro atoms. The molecule has 9 nitrogen and oxygen atoms in total. The van der Waals surface area contributed by atoms with Gasteiger partial charge in [0.05, 0.1) is 25.4 Å². The van der Waals surface area contributed by atoms with E-state index in [0.29, 0.717) is 6.07 Å². The van der Waals surface area contributed by atoms with Crippen LogP contribution in [0.25, 0.3) is 5.65 Å². The molecule has 0 aliphatic carbocycles. The van der Waals surface area contributed by atoms with Crippen molar-refractivity contribution in [1.29, 1.82) is 0 Å². The predicted octanol–water partition coefficient (Wildman–Crippen LogP) is 2.98. The maximum Gasteiger partial charge on any atom is 0.279 e. The monoisotopic (exact) mass is 466 g/mol. The Hall–Kier alpha value is -2.93. The van der Waals surface area contributed by atoms with Gasteiger partial charge in [-0.25, -0.2) is 18.2 Å². The first-order chi connectivity index (χ1) is 14.2. The summed E-state index contributed by atoms with van der Waals surface area (Å²) in [6.07, 6.45) is -0.442. The Morgan fingerprint density at radius 1 is 1.27 bits per heavy atom. The standard InChI is InChI=1S/C16H14ClF3N4O5S/c1-27-13-8(17)3-4-24-12(6-21-14(13)24)30(25,26)23-10-5-9(18)15(22-16(10)28-2)29-7-11(19)20/h3-6,11,23H,7H2,1-2H3. The smallest absolute Gasteiger partial charge is 0.279 e. The van der Waals surface area contributed by atoms with Crippen LogP contribution < -0.4 is 18.9 Å². The van der Waals surface area contributed by atoms with Gasteiger partial charge in [0.15, 0.2) is 28.8 Å². The average Bonchev–Trinajstić information content (AvgIpc) is 3.12. The Kier molecular flexibility index (Phi) is 6.12. The first kappa shape index (κ1) is 21.8. The largest absolute Gasteiger partial charge is 0.491 e. The Balaban J connectivity index is 1.99. The molecule has 30 heavy (non-hydrogen) atoms. The molecule has 0 aliphatic heterocycles. The molecule has 0 amide bonds. The fraction of sp³-hybridized carbons (Fsp3) is 0.250. The fourth-order valence-corrected chi connectivity index (χ4v) is 3.85. The van der Waals surface area contributed by atoms with Crippen LogP contribution in [-0.4, -0.2) is 50.0 Å². The molecule has 0 bridgehead atoms. The summed E-state index contributed by atoms with van der Waals surface area (Å²) >= 11 is 6.00. The van der Waals surface area contributed by atoms with Crippen molar-refractivity contribution in [3.05, 3.63) is 35.4 Å². The van der Waals surface area contributed by atoms with E-state index in [4.69, 9.17) is 21.1 Å². The van der Waals surface area contributed by atoms with Crippen molar-refractivity contribution in [2.45, 2.75) is 11.5 Å². The number of methoxy groups -OCH3 is 2. The molecule has 0 fully saturated rings. The SMILES string of the molecule is COc1nc(OCC(F)F)c(F)cc1NS(=O)(=O)c1cnc2c(OC)c(Cl)ccn12. The molecule has 3 aromatic rings. The van der Waals surface area contributed by atoms with Gasteiger partial charge in [-0.3, -0.25) is 9.12 Å². The molecule has 0 saturated heterocycles. The van der Waals surface area contributed by atoms with Gasteiger partial charge in [-0.1, -0.05) is 11.6 Å². The van der Waals surface area contributed by atoms with E-state index in [1.807, 2.05) is 0 Å². The average molecular weight is 467 g/mol. The highest BCUT2D eigenvalue weighted by Crippen LogP contribution is 2.32. The zero-order valence-electron chi connectivity index (χ0n) is 15.4. The van der Waals surface area contributed by atoms with Crippen molar-refractivity contribution in [1.82, 2.24) is 14.4 Å². The maximum absolute atomic E-state index is 14.2. The van der Waals surface area contributed by atoms with Crippen molar-refractivity contribution in [3.63, 3.8) is 0 Å². The van der Waals surface area contributed by atoms with Gasteiger partial charge in [0.2, 0.25) is 5.88 Å². The highest BCUT2D eigenvalue weighted by molar-refractivity contribution is 7.92. The van der Waals surface area contributed by atoms with Crippen LogP contribution in [0.1, 0.15) is 0 Å². The van der Waals surface area contributed by atoms with Crippen LogP contribution >= 0.6 is 11.6 Å². The van der Waals surface area contributed by atoms with Gasteiger partial charge in [-0.05, 0) is 6.07 Å². The predicted molar refractivity (Wildman–Crippen MR) is 99.8 cm³/mol. The molecule has 0 atom stereocenters. The lowest BCUT2D eigenvalue weighted by Crippen LogP contribution is -2.17. The lowest BCUT2D eigenvalue weighted by molar-refractivity contribution is 0.0770. The van der Waals surface area contributed by atoms with E-state index in [-0.39, 0.29) is 27.1 Å². The van der Waals surface area contributed by atoms with Gasteiger partial charge >= 0.3 is 0 Å². The van der Waals surface area contributed by atoms with Gasteiger partial charge in [-0.2, -0.15) is 13.4 Å². The number of anilines is 1. The minimum Gasteiger partial charge on any atom is -0.491 e. The molecule has 0 saturated carbocycles. The van der Waals surface area contributed by atoms with Crippen LogP contribution in [0.3, 0.4) is 0 Å². The summed E-state index contributed by atoms with van der Waals surface area (Å²) < 4.78 is 82.4. The summed E-state index contributed by atoms with van der Waals surface area (Å²) in [6.45, 7) is -1.09. The summed E-state index contributed by atoms with van der Waals surface area (Å²) in [5, 5.41) is -0.0900. The van der Waals surface area contributed by atoms with Crippen LogP contribution in [0.4, 0.5) is 18.9 Å². The van der Waals surface area contributed by atoms with Crippen molar-refractivity contribution in [3.8, 4) is 17.5 Å². The number of fused-ring (bicyclic) bond motifs is 1. The second-order valence-electron chi connectivity index (χ2n) is 5.63. The first-order valence-corrected chi connectivity index (χ1v) is 9.92. The lowest BCUT2D eigenvalue weighted by Gasteiger charge is -2.13. The van der Waals surface area contributed by atoms with E-state index in [0.717, 1.165) is 13.3 Å². The molecule has 0 radical (unpaired) electrons. The third kappa shape index (κ3) is 4.16. The summed E-state index contributed by atoms with van der Waals surface area (Å²) in [5.74, 6) is -2.16. The zero-order valence-corrected chi connectivity index (χ0v) is 17.0. The molecular formula is C16H14ClF3N4O5S. The van der Waals surface area contributed by atoms with Crippen LogP contribution in [0.2, 0.25) is 5.02 Å². The Labute approximate surface area is 173 Å². The van der Waals surface area contributed by atoms with Crippen LogP contribution in [0.5, 0.6) is 17.5 Å². The number of ether oxygens (including phenoxy) is 3. The highest BCUT2D eigenvalue weighted by atomic mass is 35.5. The van der Waals surface area contributed by atoms with Gasteiger partial charge in [-0.15, -0.1) is 0 Å². The molecule has 0 unspecified atom stereocenters. The van der Waals surface area contributed by atoms with Crippen molar-refractivity contribution in [2.75, 3.05) is 25.5 Å². The van der Waals surface area contributed by atoms with Gasteiger partial charge in [0, 0.05) is 12.3 Å². The van der Waals surface area contributed by atoms with Gasteiger partial charge in [0.25, 0.3) is 22.3 Å². The number of alkyl halides is 2. The number of aromatic nitrogens is 3. The summed E-state index contributed by atoms with van der Waals surface area (Å²) in [7, 11) is -1.84. The normalized spacial score (nSPS) is 11.7. The number of rotatable bonds is 8. The van der Waals surface area contributed by atoms with E-state index in [1.165, 1.54) is 23.8 Å². The topological polar surface area (TPSA) is 104 Å². The number of hydrogen-bond donors (Lipinski definition) is 1. The van der Waals surface area contributed by atoms with Crippen LogP contribution in [-0.2, 0) is 10.0 Å². The third-order valence-corrected chi connectivity index (χ3v) is 5.36. The lowest BCUT2D eigenvalue weighted by atomic mass is 10.4. The molecule has 3 aromatic heterocycles. The van der Waals surface area contributed by atoms with Gasteiger partial charge in [0.1, 0.15) is 5.69 Å². The molecule has 0 aliphatic rings. The molecule has 3 rings (SSSR count). The molecule has 1 N–H and O–H groups in total. The van der Waals surface area contributed by atoms with Crippen molar-refractivity contribution < 1.29 is 35.8 Å². The number of nitrogens with one attached hydrogen (secondary N) is 1. The summed E-state index contributed by atoms with van der Waals surface area (Å²) in [4.78, 5) is 7.59. The number of sulfonamides is 1. The third-order valence-electron chi connectivity index (χ3n) is 3.72. The second-order valence-corrected chi connectivity index (χ2v) is 7.66. The summed E-state index contributed by atoms with van der Waals surface area (Å²) in [5.41, 5.74) is -0.243. The van der Waals surface area contributed by atoms with Gasteiger partial charge < -0.3 is 14.2 Å². The van der Waals surface area contributed by atoms with E-state index >= 15 is 0 Å². The minimum atomic E-state index is -4.32. The minimum absolute atomic E-state index is 0.136. The maximum atomic E-state index is 14.2.